The topological polar surface area (TPSA) is 25.9 Å². The maximum Gasteiger partial charge on any atom is 0.226 e. The van der Waals surface area contributed by atoms with Gasteiger partial charge in [-0.2, -0.15) is 0 Å². The zero-order valence-electron chi connectivity index (χ0n) is 16.8. The van der Waals surface area contributed by atoms with Crippen LogP contribution in [0, 0.1) is 0 Å². The number of nitrogens with zero attached hydrogens (tertiary/aromatic N) is 2. The fraction of sp³-hybridized carbons (Fsp3) is 0.320. The van der Waals surface area contributed by atoms with Crippen LogP contribution < -0.4 is 0 Å². The lowest BCUT2D eigenvalue weighted by Crippen LogP contribution is -2.13. The first-order valence-corrected chi connectivity index (χ1v) is 10.5. The van der Waals surface area contributed by atoms with Crippen LogP contribution >= 0.6 is 0 Å². The van der Waals surface area contributed by atoms with Crippen LogP contribution in [0.5, 0.6) is 0 Å². The van der Waals surface area contributed by atoms with Crippen molar-refractivity contribution in [2.24, 2.45) is 0 Å². The molecular weight excluding hydrogens is 344 g/mol. The van der Waals surface area contributed by atoms with Crippen LogP contribution in [-0.4, -0.2) is 14.6 Å². The molecule has 4 aromatic heterocycles. The smallest absolute Gasteiger partial charge is 0.226 e. The summed E-state index contributed by atoms with van der Waals surface area (Å²) < 4.78 is 4.14. The third-order valence-corrected chi connectivity index (χ3v) is 5.55. The van der Waals surface area contributed by atoms with Gasteiger partial charge in [0.05, 0.1) is 11.4 Å². The number of unbranched alkanes of at least 4 members (excludes halogenated alkanes) is 2. The van der Waals surface area contributed by atoms with E-state index in [1.54, 1.807) is 0 Å². The molecule has 0 aliphatic rings. The number of hydrogen-bond donors (Lipinski definition) is 0. The Labute approximate surface area is 166 Å². The Hall–Kier alpha value is -2.81. The molecule has 144 valence electrons. The Balaban J connectivity index is 1.90. The summed E-state index contributed by atoms with van der Waals surface area (Å²) in [6.07, 6.45) is 10.3. The predicted molar refractivity (Wildman–Crippen MR) is 115 cm³/mol. The first-order chi connectivity index (χ1) is 13.7. The Kier molecular flexibility index (Phi) is 5.34. The molecule has 0 radical (unpaired) electrons. The normalized spacial score (nSPS) is 11.5. The number of carbonyl (C=O) groups is 1. The van der Waals surface area contributed by atoms with E-state index in [-0.39, 0.29) is 5.78 Å². The van der Waals surface area contributed by atoms with Gasteiger partial charge in [-0.1, -0.05) is 38.8 Å². The van der Waals surface area contributed by atoms with Gasteiger partial charge in [0.25, 0.3) is 0 Å². The lowest BCUT2D eigenvalue weighted by Gasteiger charge is -2.09. The molecule has 4 rings (SSSR count). The molecule has 3 heteroatoms. The fourth-order valence-corrected chi connectivity index (χ4v) is 4.10. The summed E-state index contributed by atoms with van der Waals surface area (Å²) in [5.41, 5.74) is 6.15. The average molecular weight is 373 g/mol. The SMILES string of the molecule is CCCCc1cc2ccccn2c1C(=O)c1c(CCCC)cc2ccccn12. The predicted octanol–water partition coefficient (Wildman–Crippen LogP) is 6.11. The van der Waals surface area contributed by atoms with E-state index in [4.69, 9.17) is 0 Å². The van der Waals surface area contributed by atoms with Gasteiger partial charge in [-0.3, -0.25) is 4.79 Å². The number of ketones is 1. The molecule has 4 aromatic rings. The van der Waals surface area contributed by atoms with Gasteiger partial charge in [-0.25, -0.2) is 0 Å². The molecule has 0 fully saturated rings. The van der Waals surface area contributed by atoms with Gasteiger partial charge in [-0.05, 0) is 73.2 Å². The number of aromatic nitrogens is 2. The van der Waals surface area contributed by atoms with E-state index in [1.165, 1.54) is 0 Å². The summed E-state index contributed by atoms with van der Waals surface area (Å²) in [5, 5.41) is 0. The highest BCUT2D eigenvalue weighted by molar-refractivity contribution is 6.10. The van der Waals surface area contributed by atoms with Gasteiger partial charge < -0.3 is 8.80 Å². The van der Waals surface area contributed by atoms with Gasteiger partial charge in [0.1, 0.15) is 0 Å². The number of carbonyl (C=O) groups excluding carboxylic acids is 1. The van der Waals surface area contributed by atoms with Gasteiger partial charge >= 0.3 is 0 Å². The number of pyridine rings is 2. The highest BCUT2D eigenvalue weighted by Crippen LogP contribution is 2.26. The molecule has 3 nitrogen and oxygen atoms in total. The van der Waals surface area contributed by atoms with Crippen molar-refractivity contribution in [3.05, 3.63) is 83.4 Å². The molecule has 28 heavy (non-hydrogen) atoms. The molecule has 0 saturated carbocycles. The summed E-state index contributed by atoms with van der Waals surface area (Å²) in [5.74, 6) is 0.134. The van der Waals surface area contributed by atoms with Crippen molar-refractivity contribution < 1.29 is 4.79 Å². The van der Waals surface area contributed by atoms with E-state index in [0.29, 0.717) is 0 Å². The molecule has 0 unspecified atom stereocenters. The average Bonchev–Trinajstić information content (AvgIpc) is 3.28. The Morgan fingerprint density at radius 1 is 0.750 bits per heavy atom. The van der Waals surface area contributed by atoms with E-state index < -0.39 is 0 Å². The van der Waals surface area contributed by atoms with Crippen molar-refractivity contribution in [3.8, 4) is 0 Å². The quantitative estimate of drug-likeness (QED) is 0.343. The number of fused-ring (bicyclic) bond motifs is 2. The summed E-state index contributed by atoms with van der Waals surface area (Å²) in [4.78, 5) is 13.9. The summed E-state index contributed by atoms with van der Waals surface area (Å²) in [6, 6.07) is 16.6. The maximum atomic E-state index is 13.9. The number of hydrogen-bond acceptors (Lipinski definition) is 1. The minimum absolute atomic E-state index is 0.134. The van der Waals surface area contributed by atoms with E-state index in [0.717, 1.165) is 72.1 Å². The summed E-state index contributed by atoms with van der Waals surface area (Å²) >= 11 is 0. The highest BCUT2D eigenvalue weighted by atomic mass is 16.1. The Morgan fingerprint density at radius 2 is 1.21 bits per heavy atom. The van der Waals surface area contributed by atoms with Crippen LogP contribution in [0.2, 0.25) is 0 Å². The van der Waals surface area contributed by atoms with Crippen LogP contribution in [0.3, 0.4) is 0 Å². The van der Waals surface area contributed by atoms with Crippen LogP contribution in [-0.2, 0) is 12.8 Å². The molecule has 0 aliphatic carbocycles. The summed E-state index contributed by atoms with van der Waals surface area (Å²) in [7, 11) is 0. The Morgan fingerprint density at radius 3 is 1.64 bits per heavy atom. The van der Waals surface area contributed by atoms with E-state index in [2.05, 4.69) is 46.9 Å². The van der Waals surface area contributed by atoms with Crippen molar-refractivity contribution >= 4 is 16.8 Å². The molecule has 4 heterocycles. The monoisotopic (exact) mass is 372 g/mol. The van der Waals surface area contributed by atoms with Gasteiger partial charge in [0, 0.05) is 23.4 Å². The van der Waals surface area contributed by atoms with Crippen LogP contribution in [0.15, 0.2) is 60.9 Å². The second-order valence-electron chi connectivity index (χ2n) is 7.56. The van der Waals surface area contributed by atoms with Gasteiger partial charge in [0.15, 0.2) is 0 Å². The highest BCUT2D eigenvalue weighted by Gasteiger charge is 2.24. The van der Waals surface area contributed by atoms with Crippen LogP contribution in [0.4, 0.5) is 0 Å². The van der Waals surface area contributed by atoms with Crippen molar-refractivity contribution in [1.82, 2.24) is 8.80 Å². The van der Waals surface area contributed by atoms with Crippen molar-refractivity contribution in [2.75, 3.05) is 0 Å². The molecule has 0 spiro atoms. The molecule has 0 aromatic carbocycles. The minimum atomic E-state index is 0.134. The second-order valence-corrected chi connectivity index (χ2v) is 7.56. The maximum absolute atomic E-state index is 13.9. The van der Waals surface area contributed by atoms with Crippen molar-refractivity contribution in [1.29, 1.82) is 0 Å². The molecular formula is C25H28N2O. The summed E-state index contributed by atoms with van der Waals surface area (Å²) in [6.45, 7) is 4.39. The zero-order valence-corrected chi connectivity index (χ0v) is 16.8. The van der Waals surface area contributed by atoms with Crippen LogP contribution in [0.1, 0.15) is 66.8 Å². The lowest BCUT2D eigenvalue weighted by molar-refractivity contribution is 0.102. The number of aryl methyl sites for hydroxylation is 2. The zero-order chi connectivity index (χ0) is 19.5. The lowest BCUT2D eigenvalue weighted by atomic mass is 10.0. The molecule has 0 amide bonds. The van der Waals surface area contributed by atoms with E-state index in [9.17, 15) is 4.79 Å². The van der Waals surface area contributed by atoms with E-state index >= 15 is 0 Å². The third-order valence-electron chi connectivity index (χ3n) is 5.55. The third kappa shape index (κ3) is 3.26. The van der Waals surface area contributed by atoms with Crippen LogP contribution in [0.25, 0.3) is 11.0 Å². The standard InChI is InChI=1S/C25H28N2O/c1-3-5-11-19-17-21-13-7-9-15-26(21)23(19)25(28)24-20(12-6-4-2)18-22-14-8-10-16-27(22)24/h7-10,13-18H,3-6,11-12H2,1-2H3. The Bertz CT molecular complexity index is 1030. The largest absolute Gasteiger partial charge is 0.313 e. The molecule has 0 saturated heterocycles. The second kappa shape index (κ2) is 8.05. The van der Waals surface area contributed by atoms with E-state index in [1.807, 2.05) is 36.7 Å². The minimum Gasteiger partial charge on any atom is -0.313 e. The molecule has 0 bridgehead atoms. The first-order valence-electron chi connectivity index (χ1n) is 10.5. The number of rotatable bonds is 8. The molecule has 0 N–H and O–H groups in total. The van der Waals surface area contributed by atoms with Gasteiger partial charge in [-0.15, -0.1) is 0 Å². The molecule has 0 aliphatic heterocycles. The first kappa shape index (κ1) is 18.5. The van der Waals surface area contributed by atoms with Crippen molar-refractivity contribution in [2.45, 2.75) is 52.4 Å². The van der Waals surface area contributed by atoms with Gasteiger partial charge in [0.2, 0.25) is 5.78 Å². The fourth-order valence-electron chi connectivity index (χ4n) is 4.10. The molecule has 0 atom stereocenters. The van der Waals surface area contributed by atoms with Crippen molar-refractivity contribution in [3.63, 3.8) is 0 Å².